The Morgan fingerprint density at radius 1 is 1.15 bits per heavy atom. The summed E-state index contributed by atoms with van der Waals surface area (Å²) in [6.45, 7) is 11.6. The quantitative estimate of drug-likeness (QED) is 0.384. The lowest BCUT2D eigenvalue weighted by molar-refractivity contribution is -0.147. The Morgan fingerprint density at radius 2 is 1.78 bits per heavy atom. The number of hydrogen-bond acceptors (Lipinski definition) is 5. The summed E-state index contributed by atoms with van der Waals surface area (Å²) < 4.78 is 16.1. The number of rotatable bonds is 9. The molecule has 1 atom stereocenters. The van der Waals surface area contributed by atoms with Gasteiger partial charge in [-0.25, -0.2) is 9.59 Å². The summed E-state index contributed by atoms with van der Waals surface area (Å²) in [6.07, 6.45) is 0.417. The van der Waals surface area contributed by atoms with E-state index in [1.165, 1.54) is 7.11 Å². The topological polar surface area (TPSA) is 73.9 Å². The second kappa shape index (κ2) is 10.5. The molecule has 1 aromatic carbocycles. The first kappa shape index (κ1) is 23.2. The average molecular weight is 396 g/mol. The van der Waals surface area contributed by atoms with E-state index in [0.717, 1.165) is 5.56 Å². The molecule has 6 nitrogen and oxygen atoms in total. The van der Waals surface area contributed by atoms with Crippen LogP contribution in [0.2, 0.25) is 18.1 Å². The number of alkyl carbamates (subject to hydrolysis) is 1. The number of ether oxygens (including phenoxy) is 2. The first-order chi connectivity index (χ1) is 12.6. The van der Waals surface area contributed by atoms with Crippen LogP contribution in [0.25, 0.3) is 0 Å². The molecule has 0 aromatic heterocycles. The van der Waals surface area contributed by atoms with Gasteiger partial charge in [0.15, 0.2) is 8.32 Å². The van der Waals surface area contributed by atoms with Crippen molar-refractivity contribution in [1.29, 1.82) is 0 Å². The predicted molar refractivity (Wildman–Crippen MR) is 108 cm³/mol. The van der Waals surface area contributed by atoms with Gasteiger partial charge in [-0.3, -0.25) is 0 Å². The van der Waals surface area contributed by atoms with Crippen molar-refractivity contribution in [2.75, 3.05) is 13.7 Å². The van der Waals surface area contributed by atoms with Crippen LogP contribution in [-0.2, 0) is 25.3 Å². The minimum Gasteiger partial charge on any atom is -0.459 e. The minimum atomic E-state index is -1.83. The van der Waals surface area contributed by atoms with Crippen LogP contribution in [0.5, 0.6) is 0 Å². The molecule has 0 unspecified atom stereocenters. The number of hydrogen-bond donors (Lipinski definition) is 1. The second-order valence-corrected chi connectivity index (χ2v) is 12.8. The third kappa shape index (κ3) is 8.13. The van der Waals surface area contributed by atoms with E-state index in [4.69, 9.17) is 9.16 Å². The SMILES string of the molecule is COC(=O)N[C@@H](CCCO[Si](C)(C)C(C)(C)C)C(=O)OCc1ccccc1. The predicted octanol–water partition coefficient (Wildman–Crippen LogP) is 4.26. The highest BCUT2D eigenvalue weighted by Crippen LogP contribution is 2.36. The van der Waals surface area contributed by atoms with Crippen LogP contribution < -0.4 is 5.32 Å². The molecule has 1 amide bonds. The molecule has 0 saturated heterocycles. The van der Waals surface area contributed by atoms with Crippen molar-refractivity contribution in [3.63, 3.8) is 0 Å². The smallest absolute Gasteiger partial charge is 0.407 e. The zero-order chi connectivity index (χ0) is 20.5. The molecule has 0 aliphatic heterocycles. The van der Waals surface area contributed by atoms with Gasteiger partial charge in [-0.1, -0.05) is 51.1 Å². The van der Waals surface area contributed by atoms with Crippen molar-refractivity contribution >= 4 is 20.4 Å². The number of esters is 1. The third-order valence-corrected chi connectivity index (χ3v) is 9.43. The molecule has 7 heteroatoms. The maximum atomic E-state index is 12.4. The molecule has 0 fully saturated rings. The highest BCUT2D eigenvalue weighted by molar-refractivity contribution is 6.74. The number of amides is 1. The fourth-order valence-electron chi connectivity index (χ4n) is 2.11. The van der Waals surface area contributed by atoms with Gasteiger partial charge in [0, 0.05) is 6.61 Å². The molecule has 1 N–H and O–H groups in total. The summed E-state index contributed by atoms with van der Waals surface area (Å²) in [6, 6.07) is 8.66. The first-order valence-corrected chi connectivity index (χ1v) is 12.2. The van der Waals surface area contributed by atoms with E-state index in [2.05, 4.69) is 43.9 Å². The Kier molecular flexibility index (Phi) is 8.98. The minimum absolute atomic E-state index is 0.130. The Balaban J connectivity index is 2.55. The lowest BCUT2D eigenvalue weighted by Crippen LogP contribution is -2.43. The number of carbonyl (C=O) groups is 2. The summed E-state index contributed by atoms with van der Waals surface area (Å²) in [4.78, 5) is 24.0. The largest absolute Gasteiger partial charge is 0.459 e. The summed E-state index contributed by atoms with van der Waals surface area (Å²) in [7, 11) is -0.564. The second-order valence-electron chi connectivity index (χ2n) is 8.03. The van der Waals surface area contributed by atoms with Crippen LogP contribution in [-0.4, -0.2) is 40.1 Å². The number of carbonyl (C=O) groups excluding carboxylic acids is 2. The van der Waals surface area contributed by atoms with Crippen molar-refractivity contribution in [2.24, 2.45) is 0 Å². The highest BCUT2D eigenvalue weighted by atomic mass is 28.4. The average Bonchev–Trinajstić information content (AvgIpc) is 2.61. The van der Waals surface area contributed by atoms with Gasteiger partial charge < -0.3 is 19.2 Å². The van der Waals surface area contributed by atoms with Crippen LogP contribution in [0.1, 0.15) is 39.2 Å². The van der Waals surface area contributed by atoms with Crippen molar-refractivity contribution in [1.82, 2.24) is 5.32 Å². The molecule has 0 saturated carbocycles. The van der Waals surface area contributed by atoms with Gasteiger partial charge in [-0.05, 0) is 36.5 Å². The maximum Gasteiger partial charge on any atom is 0.407 e. The van der Waals surface area contributed by atoms with E-state index in [0.29, 0.717) is 19.4 Å². The normalized spacial score (nSPS) is 13.0. The molecule has 0 aliphatic rings. The van der Waals surface area contributed by atoms with Crippen molar-refractivity contribution < 1.29 is 23.5 Å². The van der Waals surface area contributed by atoms with Gasteiger partial charge in [0.1, 0.15) is 12.6 Å². The Hall–Kier alpha value is -1.86. The molecule has 1 aromatic rings. The third-order valence-electron chi connectivity index (χ3n) is 4.89. The lowest BCUT2D eigenvalue weighted by atomic mass is 10.1. The van der Waals surface area contributed by atoms with E-state index in [9.17, 15) is 9.59 Å². The Bertz CT molecular complexity index is 598. The van der Waals surface area contributed by atoms with Gasteiger partial charge in [-0.2, -0.15) is 0 Å². The van der Waals surface area contributed by atoms with Gasteiger partial charge in [0.25, 0.3) is 0 Å². The first-order valence-electron chi connectivity index (χ1n) is 9.26. The number of nitrogens with one attached hydrogen (secondary N) is 1. The summed E-state index contributed by atoms with van der Waals surface area (Å²) in [5, 5.41) is 2.68. The summed E-state index contributed by atoms with van der Waals surface area (Å²) in [5.74, 6) is -0.475. The zero-order valence-corrected chi connectivity index (χ0v) is 18.3. The fourth-order valence-corrected chi connectivity index (χ4v) is 3.20. The molecular formula is C20H33NO5Si. The monoisotopic (exact) mass is 395 g/mol. The van der Waals surface area contributed by atoms with Gasteiger partial charge in [-0.15, -0.1) is 0 Å². The Labute approximate surface area is 163 Å². The summed E-state index contributed by atoms with van der Waals surface area (Å²) >= 11 is 0. The standard InChI is InChI=1S/C20H33NO5Si/c1-20(2,3)27(5,6)26-14-10-13-17(21-19(23)24-4)18(22)25-15-16-11-8-7-9-12-16/h7-9,11-12,17H,10,13-15H2,1-6H3,(H,21,23)/t17-/m0/s1. The zero-order valence-electron chi connectivity index (χ0n) is 17.3. The van der Waals surface area contributed by atoms with E-state index in [-0.39, 0.29) is 11.6 Å². The van der Waals surface area contributed by atoms with E-state index in [1.807, 2.05) is 30.3 Å². The highest BCUT2D eigenvalue weighted by Gasteiger charge is 2.37. The van der Waals surface area contributed by atoms with Gasteiger partial charge in [0.05, 0.1) is 7.11 Å². The molecule has 152 valence electrons. The molecule has 1 rings (SSSR count). The van der Waals surface area contributed by atoms with Crippen molar-refractivity contribution in [3.8, 4) is 0 Å². The van der Waals surface area contributed by atoms with Crippen molar-refractivity contribution in [3.05, 3.63) is 35.9 Å². The Morgan fingerprint density at radius 3 is 2.33 bits per heavy atom. The molecule has 0 bridgehead atoms. The number of methoxy groups -OCH3 is 1. The molecule has 0 aliphatic carbocycles. The van der Waals surface area contributed by atoms with Crippen molar-refractivity contribution in [2.45, 2.75) is 64.4 Å². The number of benzene rings is 1. The summed E-state index contributed by atoms with van der Waals surface area (Å²) in [5.41, 5.74) is 0.893. The molecule has 0 heterocycles. The van der Waals surface area contributed by atoms with Crippen LogP contribution in [0, 0.1) is 0 Å². The molecular weight excluding hydrogens is 362 g/mol. The lowest BCUT2D eigenvalue weighted by Gasteiger charge is -2.36. The van der Waals surface area contributed by atoms with Crippen LogP contribution in [0.3, 0.4) is 0 Å². The fraction of sp³-hybridized carbons (Fsp3) is 0.600. The van der Waals surface area contributed by atoms with E-state index in [1.54, 1.807) is 0 Å². The molecule has 27 heavy (non-hydrogen) atoms. The molecule has 0 radical (unpaired) electrons. The maximum absolute atomic E-state index is 12.4. The van der Waals surface area contributed by atoms with Crippen LogP contribution >= 0.6 is 0 Å². The van der Waals surface area contributed by atoms with Crippen LogP contribution in [0.4, 0.5) is 4.79 Å². The van der Waals surface area contributed by atoms with E-state index >= 15 is 0 Å². The van der Waals surface area contributed by atoms with Gasteiger partial charge in [0.2, 0.25) is 0 Å². The molecule has 0 spiro atoms. The van der Waals surface area contributed by atoms with Crippen LogP contribution in [0.15, 0.2) is 30.3 Å². The van der Waals surface area contributed by atoms with E-state index < -0.39 is 26.4 Å². The van der Waals surface area contributed by atoms with Gasteiger partial charge >= 0.3 is 12.1 Å².